The number of hydrogen-bond acceptors (Lipinski definition) is 6. The molecule has 0 aliphatic rings. The molecule has 0 aliphatic carbocycles. The first-order valence-corrected chi connectivity index (χ1v) is 12.9. The molecule has 0 unspecified atom stereocenters. The van der Waals surface area contributed by atoms with Gasteiger partial charge in [0.2, 0.25) is 0 Å². The number of nitrogens with zero attached hydrogens (tertiary/aromatic N) is 6. The van der Waals surface area contributed by atoms with Crippen molar-refractivity contribution < 1.29 is 4.39 Å². The fraction of sp³-hybridized carbons (Fsp3) is 0.129. The van der Waals surface area contributed by atoms with E-state index in [9.17, 15) is 9.65 Å². The molecule has 2 aromatic heterocycles. The fourth-order valence-corrected chi connectivity index (χ4v) is 4.59. The molecule has 204 valence electrons. The Morgan fingerprint density at radius 2 is 1.66 bits per heavy atom. The Bertz CT molecular complexity index is 1730. The summed E-state index contributed by atoms with van der Waals surface area (Å²) in [5.41, 5.74) is 16.6. The maximum atomic E-state index is 13.5. The zero-order chi connectivity index (χ0) is 29.0. The van der Waals surface area contributed by atoms with Crippen molar-refractivity contribution in [2.75, 3.05) is 11.1 Å². The Kier molecular flexibility index (Phi) is 7.43. The van der Waals surface area contributed by atoms with Crippen molar-refractivity contribution in [3.63, 3.8) is 0 Å². The van der Waals surface area contributed by atoms with Gasteiger partial charge in [-0.25, -0.2) is 9.07 Å². The van der Waals surface area contributed by atoms with Crippen molar-refractivity contribution >= 4 is 23.3 Å². The molecule has 3 aromatic carbocycles. The topological polar surface area (TPSA) is 144 Å². The van der Waals surface area contributed by atoms with Gasteiger partial charge in [0, 0.05) is 16.8 Å². The van der Waals surface area contributed by atoms with E-state index in [-0.39, 0.29) is 23.2 Å². The Hall–Kier alpha value is -5.56. The lowest BCUT2D eigenvalue weighted by Gasteiger charge is -2.28. The second-order valence-electron chi connectivity index (χ2n) is 10.1. The van der Waals surface area contributed by atoms with Gasteiger partial charge in [0.1, 0.15) is 29.0 Å². The second kappa shape index (κ2) is 11.3. The van der Waals surface area contributed by atoms with E-state index in [2.05, 4.69) is 31.7 Å². The highest BCUT2D eigenvalue weighted by Gasteiger charge is 2.29. The molecule has 0 amide bonds. The largest absolute Gasteiger partial charge is 0.383 e. The predicted molar refractivity (Wildman–Crippen MR) is 159 cm³/mol. The van der Waals surface area contributed by atoms with E-state index in [4.69, 9.17) is 11.5 Å². The number of nitrogens with two attached hydrogens (primary N) is 2. The summed E-state index contributed by atoms with van der Waals surface area (Å²) in [5, 5.41) is 26.1. The highest BCUT2D eigenvalue weighted by Crippen LogP contribution is 2.33. The van der Waals surface area contributed by atoms with Gasteiger partial charge in [-0.15, -0.1) is 10.2 Å². The average molecular weight is 546 g/mol. The maximum absolute atomic E-state index is 13.5. The lowest BCUT2D eigenvalue weighted by atomic mass is 9.94. The number of anilines is 2. The molecule has 9 nitrogen and oxygen atoms in total. The molecule has 0 saturated carbocycles. The van der Waals surface area contributed by atoms with E-state index >= 15 is 0 Å². The first-order chi connectivity index (χ1) is 19.7. The summed E-state index contributed by atoms with van der Waals surface area (Å²) in [6, 6.07) is 29.0. The van der Waals surface area contributed by atoms with Gasteiger partial charge >= 0.3 is 0 Å². The quantitative estimate of drug-likeness (QED) is 0.177. The molecule has 5 rings (SSSR count). The number of hydrogen-bond donors (Lipinski definition) is 3. The SMILES string of the molecule is CC(C)(Cc1ccccc1NC(N)=Nc1ccc(-c2ccccc2)nn1)n1nc(-c2ccc(F)cc2)c(C#N)c1N. The van der Waals surface area contributed by atoms with Gasteiger partial charge in [-0.2, -0.15) is 15.4 Å². The summed E-state index contributed by atoms with van der Waals surface area (Å²) in [6.45, 7) is 3.95. The molecule has 5 aromatic rings. The van der Waals surface area contributed by atoms with Gasteiger partial charge in [-0.3, -0.25) is 0 Å². The maximum Gasteiger partial charge on any atom is 0.199 e. The zero-order valence-corrected chi connectivity index (χ0v) is 22.6. The molecule has 0 radical (unpaired) electrons. The van der Waals surface area contributed by atoms with Crippen LogP contribution in [0, 0.1) is 17.1 Å². The molecule has 10 heteroatoms. The minimum atomic E-state index is -0.642. The molecular formula is C31H28FN9. The van der Waals surface area contributed by atoms with Crippen LogP contribution >= 0.6 is 0 Å². The van der Waals surface area contributed by atoms with Crippen LogP contribution in [0.4, 0.5) is 21.7 Å². The summed E-state index contributed by atoms with van der Waals surface area (Å²) in [4.78, 5) is 4.37. The number of guanidine groups is 1. The average Bonchev–Trinajstić information content (AvgIpc) is 3.32. The summed E-state index contributed by atoms with van der Waals surface area (Å²) in [6.07, 6.45) is 0.495. The van der Waals surface area contributed by atoms with E-state index in [0.717, 1.165) is 22.5 Å². The number of para-hydroxylation sites is 1. The van der Waals surface area contributed by atoms with Crippen molar-refractivity contribution in [1.82, 2.24) is 20.0 Å². The number of nitrogen functional groups attached to an aromatic ring is 1. The van der Waals surface area contributed by atoms with Crippen molar-refractivity contribution in [3.05, 3.63) is 108 Å². The molecule has 0 saturated heterocycles. The van der Waals surface area contributed by atoms with Gasteiger partial charge in [0.15, 0.2) is 11.8 Å². The number of nitrogens with one attached hydrogen (secondary N) is 1. The van der Waals surface area contributed by atoms with Gasteiger partial charge < -0.3 is 16.8 Å². The molecule has 0 spiro atoms. The van der Waals surface area contributed by atoms with E-state index < -0.39 is 5.54 Å². The van der Waals surface area contributed by atoms with Crippen molar-refractivity contribution in [2.24, 2.45) is 10.7 Å². The number of aromatic nitrogens is 4. The van der Waals surface area contributed by atoms with Crippen molar-refractivity contribution in [1.29, 1.82) is 5.26 Å². The fourth-order valence-electron chi connectivity index (χ4n) is 4.59. The molecule has 5 N–H and O–H groups in total. The third kappa shape index (κ3) is 5.89. The zero-order valence-electron chi connectivity index (χ0n) is 22.6. The van der Waals surface area contributed by atoms with Crippen LogP contribution in [0.1, 0.15) is 25.0 Å². The van der Waals surface area contributed by atoms with Crippen LogP contribution in [-0.2, 0) is 12.0 Å². The van der Waals surface area contributed by atoms with E-state index in [1.165, 1.54) is 12.1 Å². The highest BCUT2D eigenvalue weighted by atomic mass is 19.1. The van der Waals surface area contributed by atoms with Crippen LogP contribution in [0.2, 0.25) is 0 Å². The van der Waals surface area contributed by atoms with Crippen LogP contribution in [0.5, 0.6) is 0 Å². The van der Waals surface area contributed by atoms with E-state index in [0.29, 0.717) is 23.5 Å². The van der Waals surface area contributed by atoms with Crippen LogP contribution in [0.15, 0.2) is 96.0 Å². The number of nitriles is 1. The molecule has 2 heterocycles. The lowest BCUT2D eigenvalue weighted by molar-refractivity contribution is 0.323. The van der Waals surface area contributed by atoms with E-state index in [1.807, 2.05) is 74.5 Å². The first kappa shape index (κ1) is 27.0. The number of aliphatic imine (C=N–C) groups is 1. The third-order valence-electron chi connectivity index (χ3n) is 6.58. The van der Waals surface area contributed by atoms with Crippen LogP contribution in [0.3, 0.4) is 0 Å². The number of benzene rings is 3. The minimum Gasteiger partial charge on any atom is -0.383 e. The summed E-state index contributed by atoms with van der Waals surface area (Å²) in [7, 11) is 0. The number of rotatable bonds is 7. The molecule has 0 atom stereocenters. The third-order valence-corrected chi connectivity index (χ3v) is 6.58. The van der Waals surface area contributed by atoms with Crippen LogP contribution in [-0.4, -0.2) is 25.9 Å². The smallest absolute Gasteiger partial charge is 0.199 e. The number of halogens is 1. The van der Waals surface area contributed by atoms with Gasteiger partial charge in [0.25, 0.3) is 0 Å². The predicted octanol–water partition coefficient (Wildman–Crippen LogP) is 5.64. The molecule has 0 aliphatic heterocycles. The highest BCUT2D eigenvalue weighted by molar-refractivity contribution is 5.94. The summed E-state index contributed by atoms with van der Waals surface area (Å²) < 4.78 is 15.1. The van der Waals surface area contributed by atoms with Crippen molar-refractivity contribution in [3.8, 4) is 28.6 Å². The van der Waals surface area contributed by atoms with E-state index in [1.54, 1.807) is 22.9 Å². The normalized spacial score (nSPS) is 11.7. The summed E-state index contributed by atoms with van der Waals surface area (Å²) >= 11 is 0. The van der Waals surface area contributed by atoms with Gasteiger partial charge in [-0.05, 0) is 68.3 Å². The van der Waals surface area contributed by atoms with Gasteiger partial charge in [-0.1, -0.05) is 48.5 Å². The lowest BCUT2D eigenvalue weighted by Crippen LogP contribution is -2.32. The van der Waals surface area contributed by atoms with Crippen molar-refractivity contribution in [2.45, 2.75) is 25.8 Å². The minimum absolute atomic E-state index is 0.154. The van der Waals surface area contributed by atoms with Crippen LogP contribution in [0.25, 0.3) is 22.5 Å². The van der Waals surface area contributed by atoms with Crippen LogP contribution < -0.4 is 16.8 Å². The first-order valence-electron chi connectivity index (χ1n) is 12.9. The second-order valence-corrected chi connectivity index (χ2v) is 10.1. The Labute approximate surface area is 237 Å². The molecular weight excluding hydrogens is 517 g/mol. The molecule has 0 bridgehead atoms. The Balaban J connectivity index is 1.38. The Morgan fingerprint density at radius 1 is 0.951 bits per heavy atom. The molecule has 0 fully saturated rings. The standard InChI is InChI=1S/C31H28FN9/c1-31(2,41-29(34)24(19-33)28(40-41)21-12-14-23(32)15-13-21)18-22-10-6-7-11-25(22)36-30(35)37-27-17-16-26(38-39-27)20-8-4-3-5-9-20/h3-17H,18,34H2,1-2H3,(H3,35,36,37,39). The Morgan fingerprint density at radius 3 is 2.34 bits per heavy atom. The molecule has 41 heavy (non-hydrogen) atoms. The monoisotopic (exact) mass is 545 g/mol. The summed E-state index contributed by atoms with van der Waals surface area (Å²) in [5.74, 6) is 0.388. The van der Waals surface area contributed by atoms with Gasteiger partial charge in [0.05, 0.1) is 11.2 Å².